The maximum absolute atomic E-state index is 6.34. The van der Waals surface area contributed by atoms with Gasteiger partial charge < -0.3 is 9.64 Å². The SMILES string of the molecule is Cc1ccc(Pc2cc(Cc3ccccc3)ccc2OCc2ccccc2)c(CN(C)C)c1. The molecule has 4 rings (SSSR count). The monoisotopic (exact) mass is 453 g/mol. The number of ether oxygens (including phenoxy) is 1. The molecule has 0 saturated heterocycles. The number of hydrogen-bond donors (Lipinski definition) is 0. The fourth-order valence-electron chi connectivity index (χ4n) is 3.94. The van der Waals surface area contributed by atoms with Gasteiger partial charge in [-0.1, -0.05) is 99.1 Å². The molecule has 4 aromatic carbocycles. The second kappa shape index (κ2) is 11.3. The van der Waals surface area contributed by atoms with Crippen LogP contribution in [-0.4, -0.2) is 19.0 Å². The molecule has 0 spiro atoms. The summed E-state index contributed by atoms with van der Waals surface area (Å²) in [6, 6.07) is 34.6. The van der Waals surface area contributed by atoms with Gasteiger partial charge in [-0.15, -0.1) is 0 Å². The lowest BCUT2D eigenvalue weighted by Crippen LogP contribution is -2.18. The predicted molar refractivity (Wildman–Crippen MR) is 143 cm³/mol. The largest absolute Gasteiger partial charge is 0.488 e. The van der Waals surface area contributed by atoms with Gasteiger partial charge in [-0.3, -0.25) is 0 Å². The summed E-state index contributed by atoms with van der Waals surface area (Å²) in [5.74, 6) is 0.977. The van der Waals surface area contributed by atoms with E-state index in [4.69, 9.17) is 4.74 Å². The number of aryl methyl sites for hydroxylation is 1. The molecule has 0 aliphatic carbocycles. The summed E-state index contributed by atoms with van der Waals surface area (Å²) in [4.78, 5) is 2.24. The molecule has 0 N–H and O–H groups in total. The summed E-state index contributed by atoms with van der Waals surface area (Å²) in [6.07, 6.45) is 0.926. The Morgan fingerprint density at radius 1 is 0.697 bits per heavy atom. The highest BCUT2D eigenvalue weighted by atomic mass is 31.1. The van der Waals surface area contributed by atoms with Crippen molar-refractivity contribution in [3.05, 3.63) is 125 Å². The molecular formula is C30H32NOP. The first kappa shape index (κ1) is 23.2. The van der Waals surface area contributed by atoms with E-state index in [1.54, 1.807) is 0 Å². The molecular weight excluding hydrogens is 421 g/mol. The van der Waals surface area contributed by atoms with Gasteiger partial charge in [0.2, 0.25) is 0 Å². The van der Waals surface area contributed by atoms with Gasteiger partial charge in [0.15, 0.2) is 0 Å². The van der Waals surface area contributed by atoms with Crippen LogP contribution in [0.3, 0.4) is 0 Å². The van der Waals surface area contributed by atoms with Crippen molar-refractivity contribution in [1.29, 1.82) is 0 Å². The second-order valence-electron chi connectivity index (χ2n) is 8.79. The van der Waals surface area contributed by atoms with E-state index in [2.05, 4.69) is 117 Å². The summed E-state index contributed by atoms with van der Waals surface area (Å²) < 4.78 is 6.34. The second-order valence-corrected chi connectivity index (χ2v) is 10.1. The maximum Gasteiger partial charge on any atom is 0.127 e. The van der Waals surface area contributed by atoms with Crippen molar-refractivity contribution >= 4 is 19.2 Å². The molecule has 168 valence electrons. The molecule has 0 aromatic heterocycles. The zero-order chi connectivity index (χ0) is 23.0. The van der Waals surface area contributed by atoms with E-state index < -0.39 is 0 Å². The van der Waals surface area contributed by atoms with Crippen LogP contribution < -0.4 is 15.3 Å². The fourth-order valence-corrected chi connectivity index (χ4v) is 5.24. The van der Waals surface area contributed by atoms with Crippen molar-refractivity contribution in [2.45, 2.75) is 26.5 Å². The predicted octanol–water partition coefficient (Wildman–Crippen LogP) is 5.86. The summed E-state index contributed by atoms with van der Waals surface area (Å²) in [5, 5.41) is 2.65. The minimum absolute atomic E-state index is 0.543. The molecule has 3 heteroatoms. The first-order valence-electron chi connectivity index (χ1n) is 11.4. The van der Waals surface area contributed by atoms with Crippen molar-refractivity contribution in [1.82, 2.24) is 4.90 Å². The van der Waals surface area contributed by atoms with Gasteiger partial charge >= 0.3 is 0 Å². The third-order valence-electron chi connectivity index (χ3n) is 5.55. The number of rotatable bonds is 9. The van der Waals surface area contributed by atoms with Crippen LogP contribution in [0.25, 0.3) is 0 Å². The Labute approximate surface area is 200 Å². The van der Waals surface area contributed by atoms with Crippen LogP contribution in [0, 0.1) is 6.92 Å². The van der Waals surface area contributed by atoms with Gasteiger partial charge in [-0.05, 0) is 67.1 Å². The molecule has 33 heavy (non-hydrogen) atoms. The third-order valence-corrected chi connectivity index (χ3v) is 6.97. The lowest BCUT2D eigenvalue weighted by molar-refractivity contribution is 0.309. The molecule has 0 bridgehead atoms. The van der Waals surface area contributed by atoms with E-state index in [0.29, 0.717) is 15.2 Å². The standard InChI is InChI=1S/C30H32NOP/c1-23-14-17-29(27(18-23)21-31(2)3)33-30-20-26(19-24-10-6-4-7-11-24)15-16-28(30)32-22-25-12-8-5-9-13-25/h4-18,20,33H,19,21-22H2,1-3H3. The lowest BCUT2D eigenvalue weighted by Gasteiger charge is -2.18. The minimum Gasteiger partial charge on any atom is -0.488 e. The molecule has 4 aromatic rings. The highest BCUT2D eigenvalue weighted by Gasteiger charge is 2.12. The molecule has 1 atom stereocenters. The Hall–Kier alpha value is -2.93. The average molecular weight is 454 g/mol. The Morgan fingerprint density at radius 2 is 1.39 bits per heavy atom. The zero-order valence-corrected chi connectivity index (χ0v) is 20.7. The summed E-state index contributed by atoms with van der Waals surface area (Å²) >= 11 is 0. The van der Waals surface area contributed by atoms with Crippen molar-refractivity contribution < 1.29 is 4.74 Å². The van der Waals surface area contributed by atoms with E-state index in [0.717, 1.165) is 18.7 Å². The van der Waals surface area contributed by atoms with Gasteiger partial charge in [0.1, 0.15) is 12.4 Å². The third kappa shape index (κ3) is 6.78. The van der Waals surface area contributed by atoms with Crippen LogP contribution in [0.2, 0.25) is 0 Å². The average Bonchev–Trinajstić information content (AvgIpc) is 2.81. The number of hydrogen-bond acceptors (Lipinski definition) is 2. The van der Waals surface area contributed by atoms with Crippen molar-refractivity contribution in [3.63, 3.8) is 0 Å². The zero-order valence-electron chi connectivity index (χ0n) is 19.7. The normalized spacial score (nSPS) is 11.4. The maximum atomic E-state index is 6.34. The van der Waals surface area contributed by atoms with Gasteiger partial charge in [0.25, 0.3) is 0 Å². The number of nitrogens with zero attached hydrogens (tertiary/aromatic N) is 1. The Bertz CT molecular complexity index is 1170. The van der Waals surface area contributed by atoms with E-state index in [1.165, 1.54) is 38.4 Å². The van der Waals surface area contributed by atoms with Gasteiger partial charge in [0.05, 0.1) is 0 Å². The molecule has 0 amide bonds. The molecule has 0 aliphatic rings. The molecule has 2 nitrogen and oxygen atoms in total. The van der Waals surface area contributed by atoms with E-state index in [-0.39, 0.29) is 0 Å². The van der Waals surface area contributed by atoms with Crippen LogP contribution in [0.1, 0.15) is 27.8 Å². The van der Waals surface area contributed by atoms with Crippen molar-refractivity contribution in [2.75, 3.05) is 14.1 Å². The minimum atomic E-state index is 0.543. The summed E-state index contributed by atoms with van der Waals surface area (Å²) in [5.41, 5.74) is 6.52. The molecule has 0 heterocycles. The van der Waals surface area contributed by atoms with E-state index in [9.17, 15) is 0 Å². The smallest absolute Gasteiger partial charge is 0.127 e. The Kier molecular flexibility index (Phi) is 7.94. The molecule has 0 fully saturated rings. The van der Waals surface area contributed by atoms with Gasteiger partial charge in [-0.25, -0.2) is 0 Å². The Balaban J connectivity index is 1.64. The summed E-state index contributed by atoms with van der Waals surface area (Å²) in [7, 11) is 4.80. The Morgan fingerprint density at radius 3 is 2.09 bits per heavy atom. The number of benzene rings is 4. The van der Waals surface area contributed by atoms with Crippen LogP contribution in [-0.2, 0) is 19.6 Å². The van der Waals surface area contributed by atoms with Gasteiger partial charge in [-0.2, -0.15) is 0 Å². The topological polar surface area (TPSA) is 12.5 Å². The molecule has 0 saturated carbocycles. The summed E-state index contributed by atoms with van der Waals surface area (Å²) in [6.45, 7) is 3.68. The van der Waals surface area contributed by atoms with Crippen LogP contribution in [0.5, 0.6) is 5.75 Å². The van der Waals surface area contributed by atoms with Crippen molar-refractivity contribution in [2.24, 2.45) is 0 Å². The van der Waals surface area contributed by atoms with E-state index in [1.807, 2.05) is 6.07 Å². The van der Waals surface area contributed by atoms with Crippen molar-refractivity contribution in [3.8, 4) is 5.75 Å². The molecule has 0 radical (unpaired) electrons. The first-order valence-corrected chi connectivity index (χ1v) is 12.4. The fraction of sp³-hybridized carbons (Fsp3) is 0.200. The molecule has 1 unspecified atom stereocenters. The van der Waals surface area contributed by atoms with E-state index >= 15 is 0 Å². The highest BCUT2D eigenvalue weighted by molar-refractivity contribution is 7.55. The molecule has 0 aliphatic heterocycles. The van der Waals surface area contributed by atoms with Crippen LogP contribution in [0.4, 0.5) is 0 Å². The highest BCUT2D eigenvalue weighted by Crippen LogP contribution is 2.25. The van der Waals surface area contributed by atoms with Crippen LogP contribution in [0.15, 0.2) is 97.1 Å². The quantitative estimate of drug-likeness (QED) is 0.295. The van der Waals surface area contributed by atoms with Gasteiger partial charge in [0, 0.05) is 11.8 Å². The first-order chi connectivity index (χ1) is 16.1. The van der Waals surface area contributed by atoms with Crippen LogP contribution >= 0.6 is 8.58 Å². The lowest BCUT2D eigenvalue weighted by atomic mass is 10.1.